The zero-order valence-electron chi connectivity index (χ0n) is 12.3. The van der Waals surface area contributed by atoms with E-state index < -0.39 is 0 Å². The van der Waals surface area contributed by atoms with Crippen molar-refractivity contribution < 1.29 is 9.13 Å². The van der Waals surface area contributed by atoms with Crippen LogP contribution in [0.25, 0.3) is 0 Å². The number of aliphatic imine (C=N–C) groups is 1. The van der Waals surface area contributed by atoms with Gasteiger partial charge in [0.25, 0.3) is 0 Å². The SMILES string of the molecule is C#CCNC(=NC)N1CC(C)OC(c2ccc(F)cc2)C1. The van der Waals surface area contributed by atoms with Crippen LogP contribution in [0, 0.1) is 18.2 Å². The van der Waals surface area contributed by atoms with Crippen molar-refractivity contribution in [3.63, 3.8) is 0 Å². The van der Waals surface area contributed by atoms with Gasteiger partial charge in [-0.05, 0) is 24.6 Å². The highest BCUT2D eigenvalue weighted by atomic mass is 19.1. The molecule has 2 atom stereocenters. The van der Waals surface area contributed by atoms with E-state index in [2.05, 4.69) is 21.1 Å². The number of nitrogens with one attached hydrogen (secondary N) is 1. The van der Waals surface area contributed by atoms with Gasteiger partial charge in [-0.15, -0.1) is 6.42 Å². The van der Waals surface area contributed by atoms with Crippen LogP contribution in [0.1, 0.15) is 18.6 Å². The summed E-state index contributed by atoms with van der Waals surface area (Å²) >= 11 is 0. The number of terminal acetylenes is 1. The summed E-state index contributed by atoms with van der Waals surface area (Å²) in [5.41, 5.74) is 0.959. The van der Waals surface area contributed by atoms with Gasteiger partial charge in [-0.1, -0.05) is 18.1 Å². The zero-order valence-corrected chi connectivity index (χ0v) is 12.3. The Balaban J connectivity index is 2.11. The molecule has 1 aliphatic heterocycles. The van der Waals surface area contributed by atoms with Crippen LogP contribution in [0.5, 0.6) is 0 Å². The fraction of sp³-hybridized carbons (Fsp3) is 0.438. The molecule has 1 aliphatic rings. The molecular weight excluding hydrogens is 269 g/mol. The number of nitrogens with zero attached hydrogens (tertiary/aromatic N) is 2. The van der Waals surface area contributed by atoms with E-state index in [1.54, 1.807) is 19.2 Å². The molecule has 0 aromatic heterocycles. The number of ether oxygens (including phenoxy) is 1. The topological polar surface area (TPSA) is 36.9 Å². The minimum absolute atomic E-state index is 0.0539. The van der Waals surface area contributed by atoms with Gasteiger partial charge in [-0.3, -0.25) is 4.99 Å². The lowest BCUT2D eigenvalue weighted by Gasteiger charge is -2.38. The first-order chi connectivity index (χ1) is 10.1. The van der Waals surface area contributed by atoms with Gasteiger partial charge < -0.3 is 15.0 Å². The average Bonchev–Trinajstić information content (AvgIpc) is 2.48. The number of hydrogen-bond donors (Lipinski definition) is 1. The van der Waals surface area contributed by atoms with Crippen LogP contribution < -0.4 is 5.32 Å². The lowest BCUT2D eigenvalue weighted by molar-refractivity contribution is -0.0604. The van der Waals surface area contributed by atoms with Crippen LogP contribution in [-0.2, 0) is 4.74 Å². The van der Waals surface area contributed by atoms with E-state index >= 15 is 0 Å². The van der Waals surface area contributed by atoms with Crippen LogP contribution in [0.15, 0.2) is 29.3 Å². The van der Waals surface area contributed by atoms with Crippen LogP contribution in [0.2, 0.25) is 0 Å². The summed E-state index contributed by atoms with van der Waals surface area (Å²) in [6.07, 6.45) is 5.22. The second kappa shape index (κ2) is 7.09. The van der Waals surface area contributed by atoms with Gasteiger partial charge in [-0.2, -0.15) is 0 Å². The fourth-order valence-electron chi connectivity index (χ4n) is 2.45. The highest BCUT2D eigenvalue weighted by Crippen LogP contribution is 2.25. The van der Waals surface area contributed by atoms with E-state index in [-0.39, 0.29) is 18.0 Å². The summed E-state index contributed by atoms with van der Waals surface area (Å²) in [6, 6.07) is 6.42. The monoisotopic (exact) mass is 289 g/mol. The van der Waals surface area contributed by atoms with E-state index in [9.17, 15) is 4.39 Å². The maximum Gasteiger partial charge on any atom is 0.194 e. The van der Waals surface area contributed by atoms with Crippen molar-refractivity contribution >= 4 is 5.96 Å². The summed E-state index contributed by atoms with van der Waals surface area (Å²) in [6.45, 7) is 3.83. The Labute approximate surface area is 125 Å². The molecule has 4 nitrogen and oxygen atoms in total. The smallest absolute Gasteiger partial charge is 0.194 e. The van der Waals surface area contributed by atoms with Gasteiger partial charge in [0.1, 0.15) is 11.9 Å². The quantitative estimate of drug-likeness (QED) is 0.512. The second-order valence-corrected chi connectivity index (χ2v) is 5.00. The fourth-order valence-corrected chi connectivity index (χ4v) is 2.45. The van der Waals surface area contributed by atoms with Crippen molar-refractivity contribution in [2.45, 2.75) is 19.1 Å². The summed E-state index contributed by atoms with van der Waals surface area (Å²) in [7, 11) is 1.73. The van der Waals surface area contributed by atoms with Crippen LogP contribution in [0.4, 0.5) is 4.39 Å². The van der Waals surface area contributed by atoms with E-state index in [1.165, 1.54) is 12.1 Å². The molecule has 1 heterocycles. The average molecular weight is 289 g/mol. The molecule has 21 heavy (non-hydrogen) atoms. The Morgan fingerprint density at radius 3 is 2.81 bits per heavy atom. The molecule has 1 aromatic carbocycles. The van der Waals surface area contributed by atoms with Crippen molar-refractivity contribution in [3.05, 3.63) is 35.6 Å². The molecule has 0 radical (unpaired) electrons. The summed E-state index contributed by atoms with van der Waals surface area (Å²) < 4.78 is 19.0. The zero-order chi connectivity index (χ0) is 15.2. The molecule has 0 saturated carbocycles. The first kappa shape index (κ1) is 15.3. The number of guanidine groups is 1. The number of benzene rings is 1. The Morgan fingerprint density at radius 2 is 2.19 bits per heavy atom. The van der Waals surface area contributed by atoms with Crippen molar-refractivity contribution in [2.75, 3.05) is 26.7 Å². The van der Waals surface area contributed by atoms with Gasteiger partial charge in [-0.25, -0.2) is 4.39 Å². The minimum atomic E-state index is -0.244. The first-order valence-corrected chi connectivity index (χ1v) is 6.94. The molecule has 5 heteroatoms. The predicted molar refractivity (Wildman–Crippen MR) is 81.5 cm³/mol. The molecule has 1 saturated heterocycles. The van der Waals surface area contributed by atoms with E-state index in [0.29, 0.717) is 13.1 Å². The van der Waals surface area contributed by atoms with Gasteiger partial charge in [0.05, 0.1) is 19.2 Å². The molecule has 0 bridgehead atoms. The third-order valence-corrected chi connectivity index (χ3v) is 3.36. The molecule has 1 fully saturated rings. The van der Waals surface area contributed by atoms with Crippen LogP contribution >= 0.6 is 0 Å². The standard InChI is InChI=1S/C16H20FN3O/c1-4-9-19-16(18-3)20-10-12(2)21-15(11-20)13-5-7-14(17)8-6-13/h1,5-8,12,15H,9-11H2,2-3H3,(H,18,19). The number of rotatable bonds is 2. The summed E-state index contributed by atoms with van der Waals surface area (Å²) in [5, 5.41) is 3.11. The Hall–Kier alpha value is -2.06. The summed E-state index contributed by atoms with van der Waals surface area (Å²) in [4.78, 5) is 6.36. The summed E-state index contributed by atoms with van der Waals surface area (Å²) in [5.74, 6) is 3.06. The molecule has 1 aromatic rings. The highest BCUT2D eigenvalue weighted by Gasteiger charge is 2.28. The second-order valence-electron chi connectivity index (χ2n) is 5.00. The Bertz CT molecular complexity index is 535. The van der Waals surface area contributed by atoms with Gasteiger partial charge in [0.15, 0.2) is 5.96 Å². The maximum atomic E-state index is 13.0. The molecule has 1 N–H and O–H groups in total. The van der Waals surface area contributed by atoms with Gasteiger partial charge in [0, 0.05) is 13.6 Å². The number of morpholine rings is 1. The highest BCUT2D eigenvalue weighted by molar-refractivity contribution is 5.80. The normalized spacial score (nSPS) is 22.8. The van der Waals surface area contributed by atoms with Crippen molar-refractivity contribution in [3.8, 4) is 12.3 Å². The molecular formula is C16H20FN3O. The van der Waals surface area contributed by atoms with E-state index in [4.69, 9.17) is 11.2 Å². The van der Waals surface area contributed by atoms with Crippen LogP contribution in [-0.4, -0.2) is 43.6 Å². The molecule has 0 spiro atoms. The third kappa shape index (κ3) is 3.96. The van der Waals surface area contributed by atoms with E-state index in [1.807, 2.05) is 6.92 Å². The van der Waals surface area contributed by atoms with Gasteiger partial charge >= 0.3 is 0 Å². The molecule has 112 valence electrons. The number of halogens is 1. The minimum Gasteiger partial charge on any atom is -0.367 e. The first-order valence-electron chi connectivity index (χ1n) is 6.94. The molecule has 0 aliphatic carbocycles. The van der Waals surface area contributed by atoms with Crippen LogP contribution in [0.3, 0.4) is 0 Å². The van der Waals surface area contributed by atoms with Gasteiger partial charge in [0.2, 0.25) is 0 Å². The van der Waals surface area contributed by atoms with E-state index in [0.717, 1.165) is 18.1 Å². The molecule has 0 amide bonds. The third-order valence-electron chi connectivity index (χ3n) is 3.36. The van der Waals surface area contributed by atoms with Crippen molar-refractivity contribution in [2.24, 2.45) is 4.99 Å². The number of hydrogen-bond acceptors (Lipinski definition) is 2. The largest absolute Gasteiger partial charge is 0.367 e. The molecule has 2 rings (SSSR count). The maximum absolute atomic E-state index is 13.0. The Morgan fingerprint density at radius 1 is 1.48 bits per heavy atom. The molecule has 2 unspecified atom stereocenters. The lowest BCUT2D eigenvalue weighted by Crippen LogP contribution is -2.50. The van der Waals surface area contributed by atoms with Crippen molar-refractivity contribution in [1.29, 1.82) is 0 Å². The van der Waals surface area contributed by atoms with Crippen molar-refractivity contribution in [1.82, 2.24) is 10.2 Å². The lowest BCUT2D eigenvalue weighted by atomic mass is 10.1. The Kier molecular flexibility index (Phi) is 5.18. The predicted octanol–water partition coefficient (Wildman–Crippen LogP) is 1.80.